The number of aromatic nitrogens is 1. The molecular formula is C20H28N2O3. The molecule has 1 unspecified atom stereocenters. The molecule has 0 saturated heterocycles. The molecule has 1 N–H and O–H groups in total. The Labute approximate surface area is 149 Å². The first-order chi connectivity index (χ1) is 12.0. The first-order valence-electron chi connectivity index (χ1n) is 9.57. The molecule has 0 aromatic carbocycles. The van der Waals surface area contributed by atoms with Crippen LogP contribution in [0.2, 0.25) is 0 Å². The third kappa shape index (κ3) is 4.23. The van der Waals surface area contributed by atoms with Crippen LogP contribution in [0, 0.1) is 23.2 Å². The lowest BCUT2D eigenvalue weighted by molar-refractivity contribution is -0.137. The van der Waals surface area contributed by atoms with Crippen LogP contribution in [-0.2, 0) is 4.79 Å². The van der Waals surface area contributed by atoms with E-state index in [2.05, 4.69) is 25.1 Å². The normalized spacial score (nSPS) is 23.9. The molecular weight excluding hydrogens is 316 g/mol. The average molecular weight is 344 g/mol. The zero-order chi connectivity index (χ0) is 18.0. The van der Waals surface area contributed by atoms with Gasteiger partial charge < -0.3 is 9.63 Å². The van der Waals surface area contributed by atoms with Crippen molar-refractivity contribution in [2.45, 2.75) is 83.0 Å². The smallest absolute Gasteiger partial charge is 0.304 e. The lowest BCUT2D eigenvalue weighted by Gasteiger charge is -2.35. The highest BCUT2D eigenvalue weighted by molar-refractivity contribution is 5.68. The van der Waals surface area contributed by atoms with Crippen molar-refractivity contribution in [2.75, 3.05) is 0 Å². The number of hydrogen-bond donors (Lipinski definition) is 1. The molecule has 25 heavy (non-hydrogen) atoms. The molecule has 0 amide bonds. The van der Waals surface area contributed by atoms with E-state index in [-0.39, 0.29) is 12.3 Å². The first kappa shape index (κ1) is 18.0. The van der Waals surface area contributed by atoms with Crippen LogP contribution in [0.25, 0.3) is 0 Å². The summed E-state index contributed by atoms with van der Waals surface area (Å²) in [5, 5.41) is 22.5. The quantitative estimate of drug-likeness (QED) is 0.684. The first-order valence-corrected chi connectivity index (χ1v) is 9.57. The Bertz CT molecular complexity index is 648. The van der Waals surface area contributed by atoms with Gasteiger partial charge in [-0.15, -0.1) is 0 Å². The van der Waals surface area contributed by atoms with Crippen molar-refractivity contribution in [1.29, 1.82) is 5.26 Å². The highest BCUT2D eigenvalue weighted by Crippen LogP contribution is 2.52. The van der Waals surface area contributed by atoms with E-state index in [9.17, 15) is 9.90 Å². The zero-order valence-corrected chi connectivity index (χ0v) is 15.2. The van der Waals surface area contributed by atoms with E-state index in [1.54, 1.807) is 0 Å². The molecule has 0 bridgehead atoms. The second-order valence-corrected chi connectivity index (χ2v) is 8.28. The number of nitriles is 1. The van der Waals surface area contributed by atoms with Gasteiger partial charge in [-0.2, -0.15) is 5.26 Å². The molecule has 2 saturated carbocycles. The van der Waals surface area contributed by atoms with E-state index in [0.29, 0.717) is 24.7 Å². The van der Waals surface area contributed by atoms with Crippen molar-refractivity contribution in [1.82, 2.24) is 5.16 Å². The van der Waals surface area contributed by atoms with Gasteiger partial charge in [0.2, 0.25) is 0 Å². The highest BCUT2D eigenvalue weighted by atomic mass is 16.5. The molecule has 1 aromatic rings. The van der Waals surface area contributed by atoms with Crippen LogP contribution in [-0.4, -0.2) is 16.2 Å². The summed E-state index contributed by atoms with van der Waals surface area (Å²) in [7, 11) is 0. The van der Waals surface area contributed by atoms with Gasteiger partial charge in [0.1, 0.15) is 5.76 Å². The fourth-order valence-corrected chi connectivity index (χ4v) is 4.29. The number of nitrogens with zero attached hydrogens (tertiary/aromatic N) is 2. The SMILES string of the molecule is CC(C)CC1CC(c2onc(C(CCC#N)CC(=O)O)c2C2CC2)C1. The molecule has 1 aromatic heterocycles. The number of carbonyl (C=O) groups is 1. The highest BCUT2D eigenvalue weighted by Gasteiger charge is 2.41. The van der Waals surface area contributed by atoms with Gasteiger partial charge in [0, 0.05) is 23.8 Å². The molecule has 3 rings (SSSR count). The van der Waals surface area contributed by atoms with E-state index in [1.807, 2.05) is 0 Å². The van der Waals surface area contributed by atoms with Crippen molar-refractivity contribution < 1.29 is 14.4 Å². The third-order valence-corrected chi connectivity index (χ3v) is 5.59. The predicted molar refractivity (Wildman–Crippen MR) is 93.2 cm³/mol. The topological polar surface area (TPSA) is 87.1 Å². The fourth-order valence-electron chi connectivity index (χ4n) is 4.29. The maximum atomic E-state index is 11.3. The van der Waals surface area contributed by atoms with E-state index >= 15 is 0 Å². The van der Waals surface area contributed by atoms with Crippen LogP contribution in [0.4, 0.5) is 0 Å². The molecule has 5 nitrogen and oxygen atoms in total. The Balaban J connectivity index is 1.78. The van der Waals surface area contributed by atoms with Gasteiger partial charge >= 0.3 is 5.97 Å². The van der Waals surface area contributed by atoms with Gasteiger partial charge in [0.25, 0.3) is 0 Å². The lowest BCUT2D eigenvalue weighted by atomic mass is 9.69. The van der Waals surface area contributed by atoms with Crippen molar-refractivity contribution in [3.05, 3.63) is 17.0 Å². The molecule has 1 atom stereocenters. The summed E-state index contributed by atoms with van der Waals surface area (Å²) in [4.78, 5) is 11.3. The molecule has 0 aliphatic heterocycles. The van der Waals surface area contributed by atoms with E-state index in [4.69, 9.17) is 9.78 Å². The van der Waals surface area contributed by atoms with Gasteiger partial charge in [-0.25, -0.2) is 0 Å². The Kier molecular flexibility index (Phi) is 5.46. The summed E-state index contributed by atoms with van der Waals surface area (Å²) >= 11 is 0. The molecule has 2 fully saturated rings. The van der Waals surface area contributed by atoms with Crippen molar-refractivity contribution in [3.8, 4) is 6.07 Å². The van der Waals surface area contributed by atoms with Crippen LogP contribution in [0.5, 0.6) is 0 Å². The van der Waals surface area contributed by atoms with Crippen LogP contribution in [0.1, 0.15) is 100.0 Å². The third-order valence-electron chi connectivity index (χ3n) is 5.59. The van der Waals surface area contributed by atoms with Crippen molar-refractivity contribution >= 4 is 5.97 Å². The van der Waals surface area contributed by atoms with Crippen LogP contribution >= 0.6 is 0 Å². The Morgan fingerprint density at radius 1 is 1.36 bits per heavy atom. The largest absolute Gasteiger partial charge is 0.481 e. The van der Waals surface area contributed by atoms with E-state index < -0.39 is 5.97 Å². The minimum atomic E-state index is -0.838. The molecule has 5 heteroatoms. The Morgan fingerprint density at radius 2 is 2.08 bits per heavy atom. The number of hydrogen-bond acceptors (Lipinski definition) is 4. The number of rotatable bonds is 9. The van der Waals surface area contributed by atoms with Gasteiger partial charge in [0.15, 0.2) is 0 Å². The summed E-state index contributed by atoms with van der Waals surface area (Å²) in [5.74, 6) is 2.40. The maximum absolute atomic E-state index is 11.3. The van der Waals surface area contributed by atoms with Crippen molar-refractivity contribution in [2.24, 2.45) is 11.8 Å². The second-order valence-electron chi connectivity index (χ2n) is 8.28. The molecule has 0 spiro atoms. The van der Waals surface area contributed by atoms with Gasteiger partial charge in [-0.05, 0) is 56.3 Å². The van der Waals surface area contributed by atoms with Gasteiger partial charge in [0.05, 0.1) is 18.2 Å². The van der Waals surface area contributed by atoms with Crippen LogP contribution in [0.15, 0.2) is 4.52 Å². The predicted octanol–water partition coefficient (Wildman–Crippen LogP) is 4.95. The number of carboxylic acid groups (broad SMARTS) is 1. The van der Waals surface area contributed by atoms with E-state index in [1.165, 1.54) is 12.0 Å². The van der Waals surface area contributed by atoms with E-state index in [0.717, 1.165) is 49.0 Å². The van der Waals surface area contributed by atoms with Crippen LogP contribution in [0.3, 0.4) is 0 Å². The van der Waals surface area contributed by atoms with Gasteiger partial charge in [-0.1, -0.05) is 19.0 Å². The molecule has 1 heterocycles. The molecule has 136 valence electrons. The zero-order valence-electron chi connectivity index (χ0n) is 15.2. The maximum Gasteiger partial charge on any atom is 0.304 e. The summed E-state index contributed by atoms with van der Waals surface area (Å²) in [6.07, 6.45) is 6.78. The second kappa shape index (κ2) is 7.59. The van der Waals surface area contributed by atoms with Crippen LogP contribution < -0.4 is 0 Å². The summed E-state index contributed by atoms with van der Waals surface area (Å²) in [6, 6.07) is 2.13. The monoisotopic (exact) mass is 344 g/mol. The Morgan fingerprint density at radius 3 is 2.64 bits per heavy atom. The molecule has 0 radical (unpaired) electrons. The van der Waals surface area contributed by atoms with Gasteiger partial charge in [-0.3, -0.25) is 4.79 Å². The summed E-state index contributed by atoms with van der Waals surface area (Å²) < 4.78 is 5.77. The standard InChI is InChI=1S/C20H28N2O3/c1-12(2)8-13-9-16(10-13)20-18(14-5-6-14)19(22-25-20)15(4-3-7-21)11-17(23)24/h12-16H,3-6,8-11H2,1-2H3,(H,23,24). The van der Waals surface area contributed by atoms with Crippen molar-refractivity contribution in [3.63, 3.8) is 0 Å². The minimum Gasteiger partial charge on any atom is -0.481 e. The molecule has 2 aliphatic rings. The number of aliphatic carboxylic acids is 1. The summed E-state index contributed by atoms with van der Waals surface area (Å²) in [5.41, 5.74) is 2.01. The lowest BCUT2D eigenvalue weighted by Crippen LogP contribution is -2.23. The summed E-state index contributed by atoms with van der Waals surface area (Å²) in [6.45, 7) is 4.53. The Hall–Kier alpha value is -1.83. The minimum absolute atomic E-state index is 0.0218. The fraction of sp³-hybridized carbons (Fsp3) is 0.750. The number of carboxylic acids is 1. The molecule has 2 aliphatic carbocycles. The average Bonchev–Trinajstić information content (AvgIpc) is 3.25.